The number of likely N-dealkylation sites (tertiary alicyclic amines) is 1. The number of nitrogens with zero attached hydrogens (tertiary/aromatic N) is 3. The van der Waals surface area contributed by atoms with Crippen molar-refractivity contribution in [3.8, 4) is 0 Å². The summed E-state index contributed by atoms with van der Waals surface area (Å²) in [7, 11) is -3.42. The maximum Gasteiger partial charge on any atom is 0.252 e. The van der Waals surface area contributed by atoms with Crippen molar-refractivity contribution < 1.29 is 18.0 Å². The summed E-state index contributed by atoms with van der Waals surface area (Å²) in [5.41, 5.74) is 0. The van der Waals surface area contributed by atoms with E-state index in [1.54, 1.807) is 17.0 Å². The van der Waals surface area contributed by atoms with Crippen LogP contribution in [0.3, 0.4) is 0 Å². The highest BCUT2D eigenvalue weighted by molar-refractivity contribution is 7.91. The minimum Gasteiger partial charge on any atom is -0.343 e. The zero-order valence-corrected chi connectivity index (χ0v) is 18.9. The molecule has 162 valence electrons. The molecule has 1 aromatic rings. The van der Waals surface area contributed by atoms with Gasteiger partial charge in [-0.05, 0) is 51.7 Å². The van der Waals surface area contributed by atoms with E-state index in [1.165, 1.54) is 15.6 Å². The Morgan fingerprint density at radius 3 is 2.28 bits per heavy atom. The van der Waals surface area contributed by atoms with E-state index in [2.05, 4.69) is 0 Å². The number of carbonyl (C=O) groups is 2. The highest BCUT2D eigenvalue weighted by Gasteiger charge is 2.31. The third-order valence-electron chi connectivity index (χ3n) is 5.89. The molecule has 2 amide bonds. The molecule has 2 saturated heterocycles. The van der Waals surface area contributed by atoms with Crippen LogP contribution in [0.25, 0.3) is 0 Å². The van der Waals surface area contributed by atoms with Gasteiger partial charge in [0.1, 0.15) is 4.21 Å². The van der Waals surface area contributed by atoms with Gasteiger partial charge in [-0.25, -0.2) is 8.42 Å². The minimum absolute atomic E-state index is 0.00195. The van der Waals surface area contributed by atoms with Crippen molar-refractivity contribution in [2.75, 3.05) is 39.3 Å². The summed E-state index contributed by atoms with van der Waals surface area (Å²) in [5.74, 6) is 0.195. The maximum absolute atomic E-state index is 12.7. The molecule has 0 saturated carbocycles. The molecule has 3 heterocycles. The summed E-state index contributed by atoms with van der Waals surface area (Å²) in [5, 5.41) is 0. The third-order valence-corrected chi connectivity index (χ3v) is 9.34. The molecule has 0 aromatic carbocycles. The van der Waals surface area contributed by atoms with E-state index in [9.17, 15) is 18.0 Å². The van der Waals surface area contributed by atoms with Gasteiger partial charge < -0.3 is 9.80 Å². The SMILES string of the molecule is CCN(CC)C(=O)C1CCN(C(=O)Cc2ccc(S(=O)(=O)N3CCCC3)s2)CC1. The smallest absolute Gasteiger partial charge is 0.252 e. The molecule has 0 N–H and O–H groups in total. The Labute approximate surface area is 177 Å². The van der Waals surface area contributed by atoms with Crippen LogP contribution >= 0.6 is 11.3 Å². The van der Waals surface area contributed by atoms with Gasteiger partial charge in [0.15, 0.2) is 0 Å². The summed E-state index contributed by atoms with van der Waals surface area (Å²) in [6.45, 7) is 7.73. The van der Waals surface area contributed by atoms with E-state index < -0.39 is 10.0 Å². The molecule has 0 aliphatic carbocycles. The zero-order chi connectivity index (χ0) is 21.0. The molecule has 2 aliphatic heterocycles. The van der Waals surface area contributed by atoms with Crippen LogP contribution in [0, 0.1) is 5.92 Å². The molecule has 0 atom stereocenters. The maximum atomic E-state index is 12.7. The predicted octanol–water partition coefficient (Wildman–Crippen LogP) is 2.18. The topological polar surface area (TPSA) is 78.0 Å². The molecule has 0 unspecified atom stereocenters. The summed E-state index contributed by atoms with van der Waals surface area (Å²) < 4.78 is 27.1. The van der Waals surface area contributed by atoms with Crippen molar-refractivity contribution in [3.05, 3.63) is 17.0 Å². The van der Waals surface area contributed by atoms with E-state index in [4.69, 9.17) is 0 Å². The molecule has 2 aliphatic rings. The van der Waals surface area contributed by atoms with E-state index in [0.717, 1.165) is 30.8 Å². The Bertz CT molecular complexity index is 819. The number of amides is 2. The van der Waals surface area contributed by atoms with Gasteiger partial charge in [-0.2, -0.15) is 4.31 Å². The fourth-order valence-electron chi connectivity index (χ4n) is 4.08. The second-order valence-corrected chi connectivity index (χ2v) is 11.0. The molecular weight excluding hydrogens is 410 g/mol. The Morgan fingerprint density at radius 2 is 1.69 bits per heavy atom. The van der Waals surface area contributed by atoms with Crippen LogP contribution in [0.2, 0.25) is 0 Å². The van der Waals surface area contributed by atoms with E-state index in [-0.39, 0.29) is 24.2 Å². The van der Waals surface area contributed by atoms with Gasteiger partial charge >= 0.3 is 0 Å². The average Bonchev–Trinajstić information content (AvgIpc) is 3.42. The number of hydrogen-bond donors (Lipinski definition) is 0. The lowest BCUT2D eigenvalue weighted by Gasteiger charge is -2.33. The normalized spacial score (nSPS) is 18.9. The van der Waals surface area contributed by atoms with Crippen LogP contribution in [-0.4, -0.2) is 73.6 Å². The largest absolute Gasteiger partial charge is 0.343 e. The van der Waals surface area contributed by atoms with Crippen LogP contribution < -0.4 is 0 Å². The van der Waals surface area contributed by atoms with Gasteiger partial charge in [0.2, 0.25) is 11.8 Å². The van der Waals surface area contributed by atoms with Crippen LogP contribution in [-0.2, 0) is 26.0 Å². The van der Waals surface area contributed by atoms with Crippen LogP contribution in [0.1, 0.15) is 44.4 Å². The van der Waals surface area contributed by atoms with Gasteiger partial charge in [0.25, 0.3) is 10.0 Å². The van der Waals surface area contributed by atoms with Crippen molar-refractivity contribution in [1.29, 1.82) is 0 Å². The standard InChI is InChI=1S/C20H31N3O4S2/c1-3-21(4-2)20(25)16-9-13-22(14-10-16)18(24)15-17-7-8-19(28-17)29(26,27)23-11-5-6-12-23/h7-8,16H,3-6,9-15H2,1-2H3. The van der Waals surface area contributed by atoms with Gasteiger partial charge in [-0.15, -0.1) is 11.3 Å². The lowest BCUT2D eigenvalue weighted by Crippen LogP contribution is -2.44. The highest BCUT2D eigenvalue weighted by Crippen LogP contribution is 2.28. The predicted molar refractivity (Wildman–Crippen MR) is 113 cm³/mol. The molecular formula is C20H31N3O4S2. The quantitative estimate of drug-likeness (QED) is 0.650. The molecule has 1 aromatic heterocycles. The Kier molecular flexibility index (Phi) is 7.34. The second kappa shape index (κ2) is 9.57. The van der Waals surface area contributed by atoms with Gasteiger partial charge in [0, 0.05) is 50.1 Å². The number of thiophene rings is 1. The molecule has 9 heteroatoms. The van der Waals surface area contributed by atoms with Crippen LogP contribution in [0.4, 0.5) is 0 Å². The summed E-state index contributed by atoms with van der Waals surface area (Å²) in [4.78, 5) is 29.6. The Balaban J connectivity index is 1.54. The molecule has 2 fully saturated rings. The van der Waals surface area contributed by atoms with Gasteiger partial charge in [0.05, 0.1) is 6.42 Å². The fraction of sp³-hybridized carbons (Fsp3) is 0.700. The Hall–Kier alpha value is -1.45. The van der Waals surface area contributed by atoms with Crippen LogP contribution in [0.15, 0.2) is 16.3 Å². The molecule has 7 nitrogen and oxygen atoms in total. The minimum atomic E-state index is -3.42. The molecule has 0 spiro atoms. The van der Waals surface area contributed by atoms with Crippen molar-refractivity contribution >= 4 is 33.2 Å². The highest BCUT2D eigenvalue weighted by atomic mass is 32.2. The van der Waals surface area contributed by atoms with Gasteiger partial charge in [-0.1, -0.05) is 0 Å². The number of piperidine rings is 1. The monoisotopic (exact) mass is 441 g/mol. The first-order valence-electron chi connectivity index (χ1n) is 10.5. The first-order chi connectivity index (χ1) is 13.9. The average molecular weight is 442 g/mol. The Morgan fingerprint density at radius 1 is 1.07 bits per heavy atom. The number of rotatable bonds is 7. The summed E-state index contributed by atoms with van der Waals surface area (Å²) in [6.07, 6.45) is 3.42. The third kappa shape index (κ3) is 5.00. The fourth-order valence-corrected chi connectivity index (χ4v) is 7.10. The van der Waals surface area contributed by atoms with Crippen molar-refractivity contribution in [1.82, 2.24) is 14.1 Å². The molecule has 0 radical (unpaired) electrons. The summed E-state index contributed by atoms with van der Waals surface area (Å²) >= 11 is 1.20. The first-order valence-corrected chi connectivity index (χ1v) is 12.8. The van der Waals surface area contributed by atoms with Crippen molar-refractivity contribution in [3.63, 3.8) is 0 Å². The molecule has 29 heavy (non-hydrogen) atoms. The van der Waals surface area contributed by atoms with E-state index in [0.29, 0.717) is 43.2 Å². The number of sulfonamides is 1. The number of carbonyl (C=O) groups excluding carboxylic acids is 2. The van der Waals surface area contributed by atoms with Gasteiger partial charge in [-0.3, -0.25) is 9.59 Å². The zero-order valence-electron chi connectivity index (χ0n) is 17.3. The number of hydrogen-bond acceptors (Lipinski definition) is 5. The van der Waals surface area contributed by atoms with E-state index >= 15 is 0 Å². The van der Waals surface area contributed by atoms with Crippen molar-refractivity contribution in [2.24, 2.45) is 5.92 Å². The lowest BCUT2D eigenvalue weighted by molar-refractivity contribution is -0.140. The van der Waals surface area contributed by atoms with E-state index in [1.807, 2.05) is 18.7 Å². The second-order valence-electron chi connectivity index (χ2n) is 7.67. The molecule has 3 rings (SSSR count). The van der Waals surface area contributed by atoms with Crippen LogP contribution in [0.5, 0.6) is 0 Å². The lowest BCUT2D eigenvalue weighted by atomic mass is 9.95. The van der Waals surface area contributed by atoms with Crippen molar-refractivity contribution in [2.45, 2.75) is 50.2 Å². The first kappa shape index (κ1) is 22.2. The summed E-state index contributed by atoms with van der Waals surface area (Å²) in [6, 6.07) is 3.37. The molecule has 0 bridgehead atoms.